The van der Waals surface area contributed by atoms with Gasteiger partial charge in [-0.25, -0.2) is 8.78 Å². The monoisotopic (exact) mass is 265 g/mol. The van der Waals surface area contributed by atoms with E-state index < -0.39 is 11.3 Å². The average molecular weight is 266 g/mol. The Morgan fingerprint density at radius 3 is 2.50 bits per heavy atom. The third-order valence-corrected chi connectivity index (χ3v) is 2.54. The number of alkyl halides is 2. The highest BCUT2D eigenvalue weighted by Gasteiger charge is 2.21. The summed E-state index contributed by atoms with van der Waals surface area (Å²) >= 11 is 2.93. The Hall–Kier alpha value is -1.04. The van der Waals surface area contributed by atoms with E-state index in [1.54, 1.807) is 0 Å². The van der Waals surface area contributed by atoms with Crippen molar-refractivity contribution in [3.8, 4) is 0 Å². The van der Waals surface area contributed by atoms with E-state index in [9.17, 15) is 18.9 Å². The second-order valence-electron chi connectivity index (χ2n) is 2.66. The van der Waals surface area contributed by atoms with Crippen LogP contribution in [0.4, 0.5) is 14.5 Å². The number of hydrogen-bond donors (Lipinski definition) is 0. The molecule has 14 heavy (non-hydrogen) atoms. The number of rotatable bonds is 2. The number of nitro groups is 1. The number of nitro benzene ring substituents is 1. The fourth-order valence-electron chi connectivity index (χ4n) is 1.15. The summed E-state index contributed by atoms with van der Waals surface area (Å²) in [6.07, 6.45) is -2.72. The molecule has 1 rings (SSSR count). The Kier molecular flexibility index (Phi) is 3.15. The molecule has 1 aromatic rings. The largest absolute Gasteiger partial charge is 0.272 e. The number of halogens is 3. The zero-order valence-corrected chi connectivity index (χ0v) is 8.72. The van der Waals surface area contributed by atoms with E-state index in [0.717, 1.165) is 0 Å². The van der Waals surface area contributed by atoms with Crippen molar-refractivity contribution < 1.29 is 13.7 Å². The van der Waals surface area contributed by atoms with Crippen LogP contribution in [0.3, 0.4) is 0 Å². The first kappa shape index (κ1) is 11.0. The van der Waals surface area contributed by atoms with Crippen LogP contribution in [-0.2, 0) is 0 Å². The molecule has 0 aliphatic carbocycles. The lowest BCUT2D eigenvalue weighted by Crippen LogP contribution is -1.98. The predicted molar refractivity (Wildman–Crippen MR) is 50.5 cm³/mol. The number of nitrogens with zero attached hydrogens (tertiary/aromatic N) is 1. The third-order valence-electron chi connectivity index (χ3n) is 1.85. The smallest absolute Gasteiger partial charge is 0.258 e. The zero-order valence-electron chi connectivity index (χ0n) is 7.13. The molecule has 0 saturated heterocycles. The van der Waals surface area contributed by atoms with E-state index in [1.165, 1.54) is 19.1 Å². The van der Waals surface area contributed by atoms with Gasteiger partial charge in [-0.3, -0.25) is 10.1 Å². The summed E-state index contributed by atoms with van der Waals surface area (Å²) in [5.41, 5.74) is -0.609. The summed E-state index contributed by atoms with van der Waals surface area (Å²) in [4.78, 5) is 9.78. The van der Waals surface area contributed by atoms with Crippen molar-refractivity contribution in [3.05, 3.63) is 37.8 Å². The van der Waals surface area contributed by atoms with Crippen LogP contribution in [0.2, 0.25) is 0 Å². The van der Waals surface area contributed by atoms with Gasteiger partial charge in [-0.2, -0.15) is 0 Å². The van der Waals surface area contributed by atoms with Crippen LogP contribution in [-0.4, -0.2) is 4.92 Å². The molecule has 0 spiro atoms. The van der Waals surface area contributed by atoms with Crippen LogP contribution in [0, 0.1) is 17.0 Å². The molecule has 0 aliphatic heterocycles. The molecule has 0 unspecified atom stereocenters. The first-order valence-corrected chi connectivity index (χ1v) is 4.46. The number of hydrogen-bond acceptors (Lipinski definition) is 2. The van der Waals surface area contributed by atoms with E-state index in [0.29, 0.717) is 0 Å². The highest BCUT2D eigenvalue weighted by molar-refractivity contribution is 9.10. The van der Waals surface area contributed by atoms with E-state index in [1.807, 2.05) is 0 Å². The Morgan fingerprint density at radius 2 is 2.07 bits per heavy atom. The lowest BCUT2D eigenvalue weighted by molar-refractivity contribution is -0.385. The molecule has 3 nitrogen and oxygen atoms in total. The highest BCUT2D eigenvalue weighted by atomic mass is 79.9. The van der Waals surface area contributed by atoms with Gasteiger partial charge in [0.25, 0.3) is 12.1 Å². The summed E-state index contributed by atoms with van der Waals surface area (Å²) in [6, 6.07) is 2.46. The maximum Gasteiger partial charge on any atom is 0.272 e. The Bertz CT molecular complexity index is 382. The fraction of sp³-hybridized carbons (Fsp3) is 0.250. The Labute approximate surface area is 87.0 Å². The SMILES string of the molecule is Cc1c([N+](=O)[O-])ccc(Br)c1C(F)F. The maximum atomic E-state index is 12.5. The van der Waals surface area contributed by atoms with Crippen LogP contribution >= 0.6 is 15.9 Å². The molecular formula is C8H6BrF2NO2. The van der Waals surface area contributed by atoms with Gasteiger partial charge < -0.3 is 0 Å². The van der Waals surface area contributed by atoms with Gasteiger partial charge in [0, 0.05) is 21.7 Å². The van der Waals surface area contributed by atoms with E-state index >= 15 is 0 Å². The number of benzene rings is 1. The van der Waals surface area contributed by atoms with Gasteiger partial charge in [0.15, 0.2) is 0 Å². The van der Waals surface area contributed by atoms with Gasteiger partial charge in [0.05, 0.1) is 4.92 Å². The lowest BCUT2D eigenvalue weighted by atomic mass is 10.1. The molecule has 0 amide bonds. The van der Waals surface area contributed by atoms with Crippen LogP contribution in [0.1, 0.15) is 17.6 Å². The maximum absolute atomic E-state index is 12.5. The van der Waals surface area contributed by atoms with Crippen molar-refractivity contribution in [2.24, 2.45) is 0 Å². The molecule has 0 N–H and O–H groups in total. The van der Waals surface area contributed by atoms with Crippen molar-refractivity contribution in [1.29, 1.82) is 0 Å². The lowest BCUT2D eigenvalue weighted by Gasteiger charge is -2.07. The molecule has 0 aromatic heterocycles. The summed E-state index contributed by atoms with van der Waals surface area (Å²) in [6.45, 7) is 1.31. The minimum Gasteiger partial charge on any atom is -0.258 e. The summed E-state index contributed by atoms with van der Waals surface area (Å²) < 4.78 is 25.1. The predicted octanol–water partition coefficient (Wildman–Crippen LogP) is 3.60. The van der Waals surface area contributed by atoms with Crippen molar-refractivity contribution in [2.75, 3.05) is 0 Å². The third kappa shape index (κ3) is 1.89. The molecule has 0 fully saturated rings. The van der Waals surface area contributed by atoms with Gasteiger partial charge in [-0.15, -0.1) is 0 Å². The Balaban J connectivity index is 3.41. The molecule has 0 radical (unpaired) electrons. The Morgan fingerprint density at radius 1 is 1.50 bits per heavy atom. The topological polar surface area (TPSA) is 43.1 Å². The summed E-state index contributed by atoms with van der Waals surface area (Å²) in [5, 5.41) is 10.5. The highest BCUT2D eigenvalue weighted by Crippen LogP contribution is 2.34. The normalized spacial score (nSPS) is 10.6. The van der Waals surface area contributed by atoms with Crippen molar-refractivity contribution in [1.82, 2.24) is 0 Å². The van der Waals surface area contributed by atoms with E-state index in [-0.39, 0.29) is 21.3 Å². The van der Waals surface area contributed by atoms with Crippen LogP contribution < -0.4 is 0 Å². The molecule has 6 heteroatoms. The first-order chi connectivity index (χ1) is 6.45. The second-order valence-corrected chi connectivity index (χ2v) is 3.52. The molecule has 0 atom stereocenters. The molecule has 0 saturated carbocycles. The molecule has 0 aliphatic rings. The molecule has 0 heterocycles. The first-order valence-electron chi connectivity index (χ1n) is 3.66. The second kappa shape index (κ2) is 4.00. The van der Waals surface area contributed by atoms with Crippen molar-refractivity contribution in [3.63, 3.8) is 0 Å². The van der Waals surface area contributed by atoms with Crippen LogP contribution in [0.25, 0.3) is 0 Å². The van der Waals surface area contributed by atoms with E-state index in [2.05, 4.69) is 15.9 Å². The minimum absolute atomic E-state index is 0.000579. The van der Waals surface area contributed by atoms with Gasteiger partial charge in [0.1, 0.15) is 0 Å². The van der Waals surface area contributed by atoms with Gasteiger partial charge in [0.2, 0.25) is 0 Å². The minimum atomic E-state index is -2.72. The molecular weight excluding hydrogens is 260 g/mol. The average Bonchev–Trinajstić information content (AvgIpc) is 2.02. The summed E-state index contributed by atoms with van der Waals surface area (Å²) in [7, 11) is 0. The standard InChI is InChI=1S/C8H6BrF2NO2/c1-4-6(12(13)14)3-2-5(9)7(4)8(10)11/h2-3,8H,1H3. The van der Waals surface area contributed by atoms with Crippen molar-refractivity contribution in [2.45, 2.75) is 13.3 Å². The quantitative estimate of drug-likeness (QED) is 0.606. The van der Waals surface area contributed by atoms with Crippen molar-refractivity contribution >= 4 is 21.6 Å². The van der Waals surface area contributed by atoms with E-state index in [4.69, 9.17) is 0 Å². The van der Waals surface area contributed by atoms with Gasteiger partial charge in [-0.05, 0) is 13.0 Å². The zero-order chi connectivity index (χ0) is 10.9. The molecule has 0 bridgehead atoms. The van der Waals surface area contributed by atoms with Gasteiger partial charge >= 0.3 is 0 Å². The van der Waals surface area contributed by atoms with Gasteiger partial charge in [-0.1, -0.05) is 15.9 Å². The van der Waals surface area contributed by atoms with Crippen LogP contribution in [0.15, 0.2) is 16.6 Å². The summed E-state index contributed by atoms with van der Waals surface area (Å²) in [5.74, 6) is 0. The van der Waals surface area contributed by atoms with Crippen LogP contribution in [0.5, 0.6) is 0 Å². The fourth-order valence-corrected chi connectivity index (χ4v) is 1.75. The molecule has 1 aromatic carbocycles. The molecule has 76 valence electrons.